The molecule has 1 aromatic carbocycles. The number of hydrogen-bond donors (Lipinski definition) is 1. The molecule has 2 rings (SSSR count). The maximum atomic E-state index is 3.52. The van der Waals surface area contributed by atoms with E-state index in [1.807, 2.05) is 0 Å². The van der Waals surface area contributed by atoms with Crippen molar-refractivity contribution < 1.29 is 0 Å². The molecule has 82 valence electrons. The maximum absolute atomic E-state index is 3.52. The Hall–Kier alpha value is -0.860. The van der Waals surface area contributed by atoms with Crippen molar-refractivity contribution in [3.8, 4) is 0 Å². The molecule has 1 aromatic rings. The molecule has 0 amide bonds. The third-order valence-electron chi connectivity index (χ3n) is 3.01. The number of likely N-dealkylation sites (N-methyl/N-ethyl adjacent to an activating group) is 1. The molecule has 1 N–H and O–H groups in total. The second-order valence-electron chi connectivity index (χ2n) is 4.26. The summed E-state index contributed by atoms with van der Waals surface area (Å²) >= 11 is 0. The van der Waals surface area contributed by atoms with Crippen molar-refractivity contribution in [2.24, 2.45) is 0 Å². The van der Waals surface area contributed by atoms with Gasteiger partial charge in [-0.2, -0.15) is 0 Å². The van der Waals surface area contributed by atoms with Gasteiger partial charge in [-0.3, -0.25) is 4.90 Å². The molecule has 0 bridgehead atoms. The predicted molar refractivity (Wildman–Crippen MR) is 63.8 cm³/mol. The number of nitrogens with zero attached hydrogens (tertiary/aromatic N) is 1. The number of likely N-dealkylation sites (tertiary alicyclic amines) is 1. The third-order valence-corrected chi connectivity index (χ3v) is 3.01. The molecule has 1 aliphatic rings. The Morgan fingerprint density at radius 1 is 1.33 bits per heavy atom. The van der Waals surface area contributed by atoms with Gasteiger partial charge < -0.3 is 5.32 Å². The Kier molecular flexibility index (Phi) is 3.75. The molecule has 1 heterocycles. The van der Waals surface area contributed by atoms with E-state index >= 15 is 0 Å². The van der Waals surface area contributed by atoms with Crippen LogP contribution in [0, 0.1) is 0 Å². The van der Waals surface area contributed by atoms with Crippen molar-refractivity contribution in [2.75, 3.05) is 19.6 Å². The van der Waals surface area contributed by atoms with Crippen molar-refractivity contribution in [3.63, 3.8) is 0 Å². The SMILES string of the molecule is CCN[C@H]1CCN(Cc2ccccc2)C1. The smallest absolute Gasteiger partial charge is 0.0234 e. The van der Waals surface area contributed by atoms with Gasteiger partial charge >= 0.3 is 0 Å². The summed E-state index contributed by atoms with van der Waals surface area (Å²) in [6.45, 7) is 6.79. The first kappa shape index (κ1) is 10.7. The van der Waals surface area contributed by atoms with Crippen LogP contribution in [0.4, 0.5) is 0 Å². The topological polar surface area (TPSA) is 15.3 Å². The molecule has 0 aliphatic carbocycles. The lowest BCUT2D eigenvalue weighted by atomic mass is 10.2. The summed E-state index contributed by atoms with van der Waals surface area (Å²) in [5.41, 5.74) is 1.43. The molecule has 0 aromatic heterocycles. The Bertz CT molecular complexity index is 284. The normalized spacial score (nSPS) is 22.1. The standard InChI is InChI=1S/C13H20N2/c1-2-14-13-8-9-15(11-13)10-12-6-4-3-5-7-12/h3-7,13-14H,2,8-11H2,1H3/t13-/m0/s1. The quantitative estimate of drug-likeness (QED) is 0.805. The summed E-state index contributed by atoms with van der Waals surface area (Å²) in [5, 5.41) is 3.52. The van der Waals surface area contributed by atoms with E-state index in [9.17, 15) is 0 Å². The third kappa shape index (κ3) is 3.05. The van der Waals surface area contributed by atoms with Crippen LogP contribution in [0.2, 0.25) is 0 Å². The van der Waals surface area contributed by atoms with Gasteiger partial charge in [0.2, 0.25) is 0 Å². The molecular formula is C13H20N2. The Balaban J connectivity index is 1.82. The Morgan fingerprint density at radius 3 is 2.87 bits per heavy atom. The van der Waals surface area contributed by atoms with Crippen molar-refractivity contribution in [1.82, 2.24) is 10.2 Å². The molecule has 0 spiro atoms. The summed E-state index contributed by atoms with van der Waals surface area (Å²) < 4.78 is 0. The van der Waals surface area contributed by atoms with E-state index < -0.39 is 0 Å². The van der Waals surface area contributed by atoms with Crippen LogP contribution in [0.1, 0.15) is 18.9 Å². The molecule has 2 heteroatoms. The van der Waals surface area contributed by atoms with Gasteiger partial charge in [0.25, 0.3) is 0 Å². The first-order valence-electron chi connectivity index (χ1n) is 5.88. The van der Waals surface area contributed by atoms with Gasteiger partial charge in [0.05, 0.1) is 0 Å². The number of nitrogens with one attached hydrogen (secondary N) is 1. The second kappa shape index (κ2) is 5.29. The average molecular weight is 204 g/mol. The minimum Gasteiger partial charge on any atom is -0.313 e. The van der Waals surface area contributed by atoms with Crippen LogP contribution >= 0.6 is 0 Å². The number of hydrogen-bond acceptors (Lipinski definition) is 2. The fourth-order valence-electron chi connectivity index (χ4n) is 2.27. The summed E-state index contributed by atoms with van der Waals surface area (Å²) in [4.78, 5) is 2.53. The highest BCUT2D eigenvalue weighted by atomic mass is 15.2. The molecule has 0 saturated carbocycles. The minimum absolute atomic E-state index is 0.707. The highest BCUT2D eigenvalue weighted by Gasteiger charge is 2.20. The van der Waals surface area contributed by atoms with Crippen LogP contribution in [0.15, 0.2) is 30.3 Å². The predicted octanol–water partition coefficient (Wildman–Crippen LogP) is 1.87. The van der Waals surface area contributed by atoms with Gasteiger partial charge in [0.1, 0.15) is 0 Å². The van der Waals surface area contributed by atoms with E-state index in [1.54, 1.807) is 0 Å². The number of benzene rings is 1. The molecule has 1 saturated heterocycles. The molecular weight excluding hydrogens is 184 g/mol. The average Bonchev–Trinajstić information content (AvgIpc) is 2.68. The van der Waals surface area contributed by atoms with E-state index in [0.717, 1.165) is 13.1 Å². The first-order chi connectivity index (χ1) is 7.38. The van der Waals surface area contributed by atoms with Crippen LogP contribution in [0.3, 0.4) is 0 Å². The van der Waals surface area contributed by atoms with Gasteiger partial charge in [-0.1, -0.05) is 37.3 Å². The lowest BCUT2D eigenvalue weighted by Crippen LogP contribution is -2.32. The van der Waals surface area contributed by atoms with Crippen LogP contribution < -0.4 is 5.32 Å². The van der Waals surface area contributed by atoms with Gasteiger partial charge in [0.15, 0.2) is 0 Å². The van der Waals surface area contributed by atoms with Crippen molar-refractivity contribution in [3.05, 3.63) is 35.9 Å². The van der Waals surface area contributed by atoms with Crippen LogP contribution in [-0.4, -0.2) is 30.6 Å². The molecule has 1 fully saturated rings. The summed E-state index contributed by atoms with van der Waals surface area (Å²) in [6, 6.07) is 11.4. The molecule has 0 radical (unpaired) electrons. The van der Waals surface area contributed by atoms with Gasteiger partial charge in [-0.25, -0.2) is 0 Å². The zero-order valence-electron chi connectivity index (χ0n) is 9.45. The van der Waals surface area contributed by atoms with E-state index in [2.05, 4.69) is 47.5 Å². The monoisotopic (exact) mass is 204 g/mol. The first-order valence-corrected chi connectivity index (χ1v) is 5.88. The highest BCUT2D eigenvalue weighted by Crippen LogP contribution is 2.12. The molecule has 15 heavy (non-hydrogen) atoms. The zero-order valence-corrected chi connectivity index (χ0v) is 9.45. The lowest BCUT2D eigenvalue weighted by molar-refractivity contribution is 0.321. The summed E-state index contributed by atoms with van der Waals surface area (Å²) in [6.07, 6.45) is 1.29. The largest absolute Gasteiger partial charge is 0.313 e. The molecule has 1 atom stereocenters. The molecule has 2 nitrogen and oxygen atoms in total. The fourth-order valence-corrected chi connectivity index (χ4v) is 2.27. The highest BCUT2D eigenvalue weighted by molar-refractivity contribution is 5.14. The lowest BCUT2D eigenvalue weighted by Gasteiger charge is -2.16. The minimum atomic E-state index is 0.707. The van der Waals surface area contributed by atoms with Gasteiger partial charge in [-0.15, -0.1) is 0 Å². The molecule has 1 aliphatic heterocycles. The van der Waals surface area contributed by atoms with Crippen molar-refractivity contribution >= 4 is 0 Å². The van der Waals surface area contributed by atoms with E-state index in [4.69, 9.17) is 0 Å². The van der Waals surface area contributed by atoms with Crippen molar-refractivity contribution in [2.45, 2.75) is 25.9 Å². The van der Waals surface area contributed by atoms with E-state index in [-0.39, 0.29) is 0 Å². The van der Waals surface area contributed by atoms with Crippen molar-refractivity contribution in [1.29, 1.82) is 0 Å². The summed E-state index contributed by atoms with van der Waals surface area (Å²) in [7, 11) is 0. The summed E-state index contributed by atoms with van der Waals surface area (Å²) in [5.74, 6) is 0. The zero-order chi connectivity index (χ0) is 10.5. The van der Waals surface area contributed by atoms with Crippen LogP contribution in [-0.2, 0) is 6.54 Å². The Labute approximate surface area is 92.3 Å². The van der Waals surface area contributed by atoms with E-state index in [0.29, 0.717) is 6.04 Å². The van der Waals surface area contributed by atoms with E-state index in [1.165, 1.54) is 25.1 Å². The van der Waals surface area contributed by atoms with Crippen LogP contribution in [0.25, 0.3) is 0 Å². The fraction of sp³-hybridized carbons (Fsp3) is 0.538. The molecule has 0 unspecified atom stereocenters. The van der Waals surface area contributed by atoms with Gasteiger partial charge in [-0.05, 0) is 18.5 Å². The van der Waals surface area contributed by atoms with Crippen LogP contribution in [0.5, 0.6) is 0 Å². The number of rotatable bonds is 4. The second-order valence-corrected chi connectivity index (χ2v) is 4.26. The maximum Gasteiger partial charge on any atom is 0.0234 e. The van der Waals surface area contributed by atoms with Gasteiger partial charge in [0, 0.05) is 25.7 Å². The Morgan fingerprint density at radius 2 is 2.13 bits per heavy atom.